The molecule has 0 aliphatic carbocycles. The van der Waals surface area contributed by atoms with E-state index in [-0.39, 0.29) is 5.75 Å². The molecule has 0 spiro atoms. The smallest absolute Gasteiger partial charge is 0.338 e. The van der Waals surface area contributed by atoms with Crippen LogP contribution in [0.1, 0.15) is 21.5 Å². The van der Waals surface area contributed by atoms with Gasteiger partial charge >= 0.3 is 5.97 Å². The van der Waals surface area contributed by atoms with Crippen molar-refractivity contribution in [1.29, 1.82) is 0 Å². The van der Waals surface area contributed by atoms with E-state index in [0.29, 0.717) is 16.8 Å². The van der Waals surface area contributed by atoms with E-state index in [1.165, 1.54) is 13.3 Å². The molecule has 0 amide bonds. The van der Waals surface area contributed by atoms with Gasteiger partial charge in [-0.1, -0.05) is 24.3 Å². The van der Waals surface area contributed by atoms with Crippen molar-refractivity contribution >= 4 is 17.9 Å². The van der Waals surface area contributed by atoms with E-state index in [0.717, 1.165) is 5.56 Å². The molecule has 0 aliphatic heterocycles. The molecule has 2 rings (SSSR count). The molecule has 2 aromatic carbocycles. The molecule has 0 radical (unpaired) electrons. The Labute approximate surface area is 117 Å². The van der Waals surface area contributed by atoms with Crippen molar-refractivity contribution in [2.45, 2.75) is 6.92 Å². The second kappa shape index (κ2) is 6.02. The van der Waals surface area contributed by atoms with E-state index in [2.05, 4.69) is 4.99 Å². The third kappa shape index (κ3) is 3.03. The average molecular weight is 269 g/mol. The van der Waals surface area contributed by atoms with Crippen molar-refractivity contribution in [2.75, 3.05) is 7.11 Å². The number of nitrogens with zero attached hydrogens (tertiary/aromatic N) is 1. The van der Waals surface area contributed by atoms with Crippen molar-refractivity contribution in [1.82, 2.24) is 0 Å². The Bertz CT molecular complexity index is 663. The van der Waals surface area contributed by atoms with Crippen LogP contribution in [0.4, 0.5) is 5.69 Å². The predicted molar refractivity (Wildman–Crippen MR) is 77.9 cm³/mol. The number of aryl methyl sites for hydroxylation is 1. The third-order valence-corrected chi connectivity index (χ3v) is 2.84. The molecule has 0 saturated carbocycles. The van der Waals surface area contributed by atoms with E-state index in [1.54, 1.807) is 30.3 Å². The van der Waals surface area contributed by atoms with Gasteiger partial charge in [0.05, 0.1) is 12.7 Å². The number of carbonyl (C=O) groups excluding carboxylic acids is 1. The van der Waals surface area contributed by atoms with Gasteiger partial charge in [0.1, 0.15) is 11.4 Å². The van der Waals surface area contributed by atoms with E-state index in [4.69, 9.17) is 4.74 Å². The Hall–Kier alpha value is -2.62. The minimum Gasteiger partial charge on any atom is -0.506 e. The van der Waals surface area contributed by atoms with Gasteiger partial charge in [-0.25, -0.2) is 4.79 Å². The maximum Gasteiger partial charge on any atom is 0.338 e. The quantitative estimate of drug-likeness (QED) is 0.687. The predicted octanol–water partition coefficient (Wildman–Crippen LogP) is 3.24. The molecule has 4 heteroatoms. The second-order valence-electron chi connectivity index (χ2n) is 4.33. The van der Waals surface area contributed by atoms with Crippen molar-refractivity contribution < 1.29 is 14.6 Å². The summed E-state index contributed by atoms with van der Waals surface area (Å²) < 4.78 is 4.72. The monoisotopic (exact) mass is 269 g/mol. The number of aromatic hydroxyl groups is 1. The summed E-state index contributed by atoms with van der Waals surface area (Å²) in [5.74, 6) is -0.308. The number of methoxy groups -OCH3 is 1. The highest BCUT2D eigenvalue weighted by molar-refractivity contribution is 5.99. The minimum absolute atomic E-state index is 0.108. The number of benzene rings is 2. The number of phenolic OH excluding ortho intramolecular Hbond substituents is 1. The number of carbonyl (C=O) groups is 1. The van der Waals surface area contributed by atoms with Crippen LogP contribution < -0.4 is 0 Å². The lowest BCUT2D eigenvalue weighted by Crippen LogP contribution is -2.04. The van der Waals surface area contributed by atoms with Gasteiger partial charge in [0.2, 0.25) is 0 Å². The first-order valence-corrected chi connectivity index (χ1v) is 6.13. The largest absolute Gasteiger partial charge is 0.506 e. The zero-order valence-electron chi connectivity index (χ0n) is 11.3. The van der Waals surface area contributed by atoms with Crippen molar-refractivity contribution in [3.8, 4) is 5.75 Å². The molecule has 20 heavy (non-hydrogen) atoms. The highest BCUT2D eigenvalue weighted by Gasteiger charge is 2.09. The molecule has 0 heterocycles. The lowest BCUT2D eigenvalue weighted by Gasteiger charge is -2.03. The fourth-order valence-corrected chi connectivity index (χ4v) is 1.79. The number of rotatable bonds is 3. The van der Waals surface area contributed by atoms with Gasteiger partial charge in [-0.2, -0.15) is 0 Å². The van der Waals surface area contributed by atoms with Crippen LogP contribution in [0.3, 0.4) is 0 Å². The Morgan fingerprint density at radius 1 is 1.25 bits per heavy atom. The molecule has 0 unspecified atom stereocenters. The summed E-state index contributed by atoms with van der Waals surface area (Å²) in [4.78, 5) is 15.8. The van der Waals surface area contributed by atoms with E-state index >= 15 is 0 Å². The third-order valence-electron chi connectivity index (χ3n) is 2.84. The summed E-state index contributed by atoms with van der Waals surface area (Å²) in [6.45, 7) is 1.89. The Balaban J connectivity index is 2.34. The molecule has 102 valence electrons. The molecule has 0 aliphatic rings. The Morgan fingerprint density at radius 3 is 2.70 bits per heavy atom. The molecule has 0 aromatic heterocycles. The Morgan fingerprint density at radius 2 is 2.00 bits per heavy atom. The van der Waals surface area contributed by atoms with Crippen LogP contribution in [0.2, 0.25) is 0 Å². The minimum atomic E-state index is -0.417. The van der Waals surface area contributed by atoms with Crippen LogP contribution in [0, 0.1) is 6.92 Å². The number of hydrogen-bond donors (Lipinski definition) is 1. The molecule has 1 N–H and O–H groups in total. The fourth-order valence-electron chi connectivity index (χ4n) is 1.79. The first-order chi connectivity index (χ1) is 9.61. The average Bonchev–Trinajstić information content (AvgIpc) is 2.46. The molecule has 0 atom stereocenters. The van der Waals surface area contributed by atoms with Gasteiger partial charge in [0.15, 0.2) is 0 Å². The lowest BCUT2D eigenvalue weighted by molar-refractivity contribution is 0.0600. The number of ether oxygens (including phenoxy) is 1. The molecule has 0 bridgehead atoms. The van der Waals surface area contributed by atoms with Crippen molar-refractivity contribution in [2.24, 2.45) is 4.99 Å². The van der Waals surface area contributed by atoms with Crippen LogP contribution in [0.15, 0.2) is 47.5 Å². The molecular formula is C16H15NO3. The van der Waals surface area contributed by atoms with Crippen LogP contribution in [0.25, 0.3) is 0 Å². The van der Waals surface area contributed by atoms with Gasteiger partial charge in [-0.15, -0.1) is 0 Å². The highest BCUT2D eigenvalue weighted by Crippen LogP contribution is 2.26. The van der Waals surface area contributed by atoms with E-state index in [9.17, 15) is 9.90 Å². The molecular weight excluding hydrogens is 254 g/mol. The molecule has 4 nitrogen and oxygen atoms in total. The number of aliphatic imine (C=N–C) groups is 1. The SMILES string of the molecule is COC(=O)c1ccccc1C=Nc1ccc(C)cc1O. The summed E-state index contributed by atoms with van der Waals surface area (Å²) in [6.07, 6.45) is 1.54. The van der Waals surface area contributed by atoms with Crippen molar-refractivity contribution in [3.63, 3.8) is 0 Å². The van der Waals surface area contributed by atoms with Gasteiger partial charge in [0.25, 0.3) is 0 Å². The topological polar surface area (TPSA) is 58.9 Å². The number of hydrogen-bond acceptors (Lipinski definition) is 4. The van der Waals surface area contributed by atoms with E-state index < -0.39 is 5.97 Å². The summed E-state index contributed by atoms with van der Waals surface area (Å²) >= 11 is 0. The molecule has 2 aromatic rings. The van der Waals surface area contributed by atoms with Gasteiger partial charge < -0.3 is 9.84 Å². The van der Waals surface area contributed by atoms with E-state index in [1.807, 2.05) is 19.1 Å². The maximum atomic E-state index is 11.6. The number of phenols is 1. The maximum absolute atomic E-state index is 11.6. The van der Waals surface area contributed by atoms with Gasteiger partial charge in [-0.3, -0.25) is 4.99 Å². The Kier molecular flexibility index (Phi) is 4.15. The van der Waals surface area contributed by atoms with Crippen LogP contribution in [0.5, 0.6) is 5.75 Å². The number of esters is 1. The van der Waals surface area contributed by atoms with Crippen molar-refractivity contribution in [3.05, 3.63) is 59.2 Å². The zero-order valence-corrected chi connectivity index (χ0v) is 11.3. The fraction of sp³-hybridized carbons (Fsp3) is 0.125. The van der Waals surface area contributed by atoms with Crippen LogP contribution in [-0.4, -0.2) is 24.4 Å². The van der Waals surface area contributed by atoms with Crippen LogP contribution in [-0.2, 0) is 4.74 Å². The zero-order chi connectivity index (χ0) is 14.5. The van der Waals surface area contributed by atoms with Gasteiger partial charge in [0, 0.05) is 11.8 Å². The molecule has 0 saturated heterocycles. The molecule has 0 fully saturated rings. The first-order valence-electron chi connectivity index (χ1n) is 6.13. The summed E-state index contributed by atoms with van der Waals surface area (Å²) in [5, 5.41) is 9.79. The summed E-state index contributed by atoms with van der Waals surface area (Å²) in [6, 6.07) is 12.2. The first kappa shape index (κ1) is 13.8. The van der Waals surface area contributed by atoms with Crippen LogP contribution >= 0.6 is 0 Å². The highest BCUT2D eigenvalue weighted by atomic mass is 16.5. The standard InChI is InChI=1S/C16H15NO3/c1-11-7-8-14(15(18)9-11)17-10-12-5-3-4-6-13(12)16(19)20-2/h3-10,18H,1-2H3. The normalized spacial score (nSPS) is 10.7. The lowest BCUT2D eigenvalue weighted by atomic mass is 10.1. The second-order valence-corrected chi connectivity index (χ2v) is 4.33. The van der Waals surface area contributed by atoms with Gasteiger partial charge in [-0.05, 0) is 30.7 Å². The summed E-state index contributed by atoms with van der Waals surface area (Å²) in [7, 11) is 1.34. The summed E-state index contributed by atoms with van der Waals surface area (Å²) in [5.41, 5.74) is 2.48.